The highest BCUT2D eigenvalue weighted by Gasteiger charge is 2.32. The summed E-state index contributed by atoms with van der Waals surface area (Å²) in [6, 6.07) is 5.95. The predicted octanol–water partition coefficient (Wildman–Crippen LogP) is 3.31. The summed E-state index contributed by atoms with van der Waals surface area (Å²) in [7, 11) is 1.90. The van der Waals surface area contributed by atoms with E-state index in [0.29, 0.717) is 17.0 Å². The molecule has 1 aromatic carbocycles. The maximum Gasteiger partial charge on any atom is 0.317 e. The highest BCUT2D eigenvalue weighted by molar-refractivity contribution is 7.99. The molecule has 3 atom stereocenters. The second kappa shape index (κ2) is 6.41. The van der Waals surface area contributed by atoms with Gasteiger partial charge in [-0.05, 0) is 55.6 Å². The Bertz CT molecular complexity index is 564. The first-order valence-electron chi connectivity index (χ1n) is 7.97. The molecule has 0 radical (unpaired) electrons. The van der Waals surface area contributed by atoms with E-state index in [0.717, 1.165) is 36.8 Å². The number of carbonyl (C=O) groups is 1. The van der Waals surface area contributed by atoms with E-state index < -0.39 is 0 Å². The molecule has 5 heteroatoms. The Morgan fingerprint density at radius 1 is 1.36 bits per heavy atom. The molecule has 3 rings (SSSR count). The van der Waals surface area contributed by atoms with Gasteiger partial charge in [-0.1, -0.05) is 12.1 Å². The number of carbonyl (C=O) groups excluding carboxylic acids is 1. The highest BCUT2D eigenvalue weighted by Crippen LogP contribution is 2.36. The third kappa shape index (κ3) is 2.91. The van der Waals surface area contributed by atoms with Gasteiger partial charge in [0, 0.05) is 18.3 Å². The van der Waals surface area contributed by atoms with Crippen LogP contribution in [0, 0.1) is 0 Å². The molecular weight excluding hydrogens is 296 g/mol. The molecule has 0 heterocycles. The molecular formula is C17H24N2O2S. The molecule has 0 aromatic heterocycles. The monoisotopic (exact) mass is 320 g/mol. The maximum atomic E-state index is 12.5. The summed E-state index contributed by atoms with van der Waals surface area (Å²) in [5.41, 5.74) is 2.05. The van der Waals surface area contributed by atoms with Crippen LogP contribution in [-0.4, -0.2) is 40.6 Å². The number of aromatic hydroxyl groups is 1. The van der Waals surface area contributed by atoms with Crippen molar-refractivity contribution in [1.29, 1.82) is 0 Å². The summed E-state index contributed by atoms with van der Waals surface area (Å²) in [6.07, 6.45) is 7.22. The van der Waals surface area contributed by atoms with Gasteiger partial charge in [-0.2, -0.15) is 11.8 Å². The molecule has 2 N–H and O–H groups in total. The first kappa shape index (κ1) is 15.5. The molecule has 1 aromatic rings. The molecule has 0 saturated heterocycles. The molecule has 4 nitrogen and oxygen atoms in total. The Labute approximate surface area is 136 Å². The zero-order valence-electron chi connectivity index (χ0n) is 13.2. The van der Waals surface area contributed by atoms with Gasteiger partial charge in [0.2, 0.25) is 0 Å². The van der Waals surface area contributed by atoms with E-state index in [4.69, 9.17) is 0 Å². The van der Waals surface area contributed by atoms with Crippen molar-refractivity contribution < 1.29 is 9.90 Å². The van der Waals surface area contributed by atoms with Gasteiger partial charge in [0.1, 0.15) is 5.75 Å². The number of urea groups is 1. The topological polar surface area (TPSA) is 52.6 Å². The molecule has 120 valence electrons. The fourth-order valence-corrected chi connectivity index (χ4v) is 4.47. The first-order chi connectivity index (χ1) is 10.6. The molecule has 0 bridgehead atoms. The summed E-state index contributed by atoms with van der Waals surface area (Å²) < 4.78 is 0. The first-order valence-corrected chi connectivity index (χ1v) is 9.25. The zero-order valence-corrected chi connectivity index (χ0v) is 14.0. The molecule has 22 heavy (non-hydrogen) atoms. The number of rotatable bonds is 3. The number of phenols is 1. The molecule has 0 spiro atoms. The minimum absolute atomic E-state index is 0.00736. The molecule has 1 fully saturated rings. The number of benzene rings is 1. The van der Waals surface area contributed by atoms with Crippen molar-refractivity contribution in [1.82, 2.24) is 10.2 Å². The lowest BCUT2D eigenvalue weighted by Gasteiger charge is -2.27. The van der Waals surface area contributed by atoms with Crippen LogP contribution >= 0.6 is 11.8 Å². The van der Waals surface area contributed by atoms with E-state index in [1.165, 1.54) is 6.42 Å². The van der Waals surface area contributed by atoms with Crippen molar-refractivity contribution in [3.8, 4) is 5.75 Å². The lowest BCUT2D eigenvalue weighted by Crippen LogP contribution is -2.43. The summed E-state index contributed by atoms with van der Waals surface area (Å²) in [4.78, 5) is 14.4. The number of nitrogens with zero attached hydrogens (tertiary/aromatic N) is 1. The molecule has 2 aliphatic carbocycles. The number of phenolic OH excluding ortho intramolecular Hbond substituents is 1. The van der Waals surface area contributed by atoms with Crippen LogP contribution < -0.4 is 5.32 Å². The Balaban J connectivity index is 1.63. The second-order valence-corrected chi connectivity index (χ2v) is 7.46. The average Bonchev–Trinajstić information content (AvgIpc) is 3.14. The largest absolute Gasteiger partial charge is 0.508 e. The van der Waals surface area contributed by atoms with E-state index >= 15 is 0 Å². The van der Waals surface area contributed by atoms with E-state index in [2.05, 4.69) is 11.6 Å². The molecule has 0 unspecified atom stereocenters. The maximum absolute atomic E-state index is 12.5. The number of hydrogen-bond donors (Lipinski definition) is 2. The number of thioether (sulfide) groups is 1. The van der Waals surface area contributed by atoms with E-state index in [1.807, 2.05) is 35.8 Å². The van der Waals surface area contributed by atoms with Gasteiger partial charge >= 0.3 is 6.03 Å². The van der Waals surface area contributed by atoms with Crippen LogP contribution in [0.5, 0.6) is 5.75 Å². The van der Waals surface area contributed by atoms with Crippen molar-refractivity contribution >= 4 is 17.8 Å². The molecule has 1 saturated carbocycles. The fraction of sp³-hybridized carbons (Fsp3) is 0.588. The van der Waals surface area contributed by atoms with E-state index in [-0.39, 0.29) is 12.1 Å². The number of amides is 2. The number of hydrogen-bond acceptors (Lipinski definition) is 3. The lowest BCUT2D eigenvalue weighted by atomic mass is 10.1. The van der Waals surface area contributed by atoms with E-state index in [9.17, 15) is 9.90 Å². The smallest absolute Gasteiger partial charge is 0.317 e. The van der Waals surface area contributed by atoms with Crippen molar-refractivity contribution in [3.63, 3.8) is 0 Å². The van der Waals surface area contributed by atoms with Crippen LogP contribution in [-0.2, 0) is 6.42 Å². The normalized spacial score (nSPS) is 26.7. The molecule has 2 amide bonds. The average molecular weight is 320 g/mol. The van der Waals surface area contributed by atoms with Crippen LogP contribution in [0.1, 0.15) is 42.9 Å². The van der Waals surface area contributed by atoms with Crippen LogP contribution in [0.4, 0.5) is 4.79 Å². The molecule has 0 aliphatic heterocycles. The SMILES string of the molecule is CS[C@@H]1CC[C@@H](N(C)C(=O)N[C@@H]2CCc3c(O)cccc32)C1. The quantitative estimate of drug-likeness (QED) is 0.898. The van der Waals surface area contributed by atoms with Crippen LogP contribution in [0.3, 0.4) is 0 Å². The van der Waals surface area contributed by atoms with Crippen LogP contribution in [0.25, 0.3) is 0 Å². The van der Waals surface area contributed by atoms with Crippen molar-refractivity contribution in [2.75, 3.05) is 13.3 Å². The number of nitrogens with one attached hydrogen (secondary N) is 1. The Morgan fingerprint density at radius 2 is 2.18 bits per heavy atom. The number of fused-ring (bicyclic) bond motifs is 1. The minimum Gasteiger partial charge on any atom is -0.508 e. The summed E-state index contributed by atoms with van der Waals surface area (Å²) in [5.74, 6) is 0.348. The zero-order chi connectivity index (χ0) is 15.7. The third-order valence-electron chi connectivity index (χ3n) is 5.10. The summed E-state index contributed by atoms with van der Waals surface area (Å²) in [6.45, 7) is 0. The van der Waals surface area contributed by atoms with Gasteiger partial charge in [0.05, 0.1) is 6.04 Å². The van der Waals surface area contributed by atoms with Gasteiger partial charge in [0.15, 0.2) is 0 Å². The minimum atomic E-state index is 0.00736. The fourth-order valence-electron chi connectivity index (χ4n) is 3.68. The predicted molar refractivity (Wildman–Crippen MR) is 90.4 cm³/mol. The summed E-state index contributed by atoms with van der Waals surface area (Å²) >= 11 is 1.90. The van der Waals surface area contributed by atoms with Crippen LogP contribution in [0.15, 0.2) is 18.2 Å². The second-order valence-electron chi connectivity index (χ2n) is 6.32. The highest BCUT2D eigenvalue weighted by atomic mass is 32.2. The van der Waals surface area contributed by atoms with Gasteiger partial charge in [-0.25, -0.2) is 4.79 Å². The van der Waals surface area contributed by atoms with Crippen molar-refractivity contribution in [2.24, 2.45) is 0 Å². The van der Waals surface area contributed by atoms with Crippen molar-refractivity contribution in [3.05, 3.63) is 29.3 Å². The third-order valence-corrected chi connectivity index (χ3v) is 6.20. The lowest BCUT2D eigenvalue weighted by molar-refractivity contribution is 0.187. The van der Waals surface area contributed by atoms with Crippen molar-refractivity contribution in [2.45, 2.75) is 49.4 Å². The van der Waals surface area contributed by atoms with Gasteiger partial charge in [0.25, 0.3) is 0 Å². The van der Waals surface area contributed by atoms with Gasteiger partial charge in [-0.15, -0.1) is 0 Å². The summed E-state index contributed by atoms with van der Waals surface area (Å²) in [5, 5.41) is 13.7. The Kier molecular flexibility index (Phi) is 4.52. The Hall–Kier alpha value is -1.36. The van der Waals surface area contributed by atoms with Crippen LogP contribution in [0.2, 0.25) is 0 Å². The van der Waals surface area contributed by atoms with Gasteiger partial charge < -0.3 is 15.3 Å². The van der Waals surface area contributed by atoms with Gasteiger partial charge in [-0.3, -0.25) is 0 Å². The molecule has 2 aliphatic rings. The Morgan fingerprint density at radius 3 is 2.91 bits per heavy atom. The standard InChI is InChI=1S/C17H24N2O2S/c1-19(11-6-7-12(10-11)22-2)17(21)18-15-9-8-14-13(15)4-3-5-16(14)20/h3-5,11-12,15,20H,6-10H2,1-2H3,(H,18,21)/t11-,12-,15-/m1/s1. The van der Waals surface area contributed by atoms with E-state index in [1.54, 1.807) is 6.07 Å².